The highest BCUT2D eigenvalue weighted by Gasteiger charge is 2.47. The molecule has 16 unspecified atom stereocenters. The Kier molecular flexibility index (Phi) is 12.6. The van der Waals surface area contributed by atoms with Gasteiger partial charge in [0.05, 0.1) is 75.9 Å². The van der Waals surface area contributed by atoms with Crippen molar-refractivity contribution >= 4 is 23.9 Å². The fourth-order valence-electron chi connectivity index (χ4n) is 13.6. The minimum absolute atomic E-state index is 0.00658. The lowest BCUT2D eigenvalue weighted by Gasteiger charge is -2.47. The van der Waals surface area contributed by atoms with Crippen LogP contribution in [0.5, 0.6) is 46.0 Å². The van der Waals surface area contributed by atoms with Gasteiger partial charge < -0.3 is 79.8 Å². The zero-order valence-corrected chi connectivity index (χ0v) is 66.5. The number of esters is 4. The van der Waals surface area contributed by atoms with Crippen LogP contribution in [0.3, 0.4) is 0 Å². The largest absolute Gasteiger partial charge is 0.493 e. The van der Waals surface area contributed by atoms with E-state index in [4.69, 9.17) is 187 Å². The average molecular weight is 1760 g/mol. The Morgan fingerprint density at radius 1 is 0.375 bits per heavy atom. The number of aryl methyl sites for hydroxylation is 4. The fraction of sp³-hybridized carbons (Fsp3) is 0.708. The molecule has 24 nitrogen and oxygen atoms in total. The van der Waals surface area contributed by atoms with Gasteiger partial charge in [0.15, 0.2) is 46.0 Å². The van der Waals surface area contributed by atoms with Gasteiger partial charge in [-0.3, -0.25) is 38.8 Å². The van der Waals surface area contributed by atoms with Crippen LogP contribution < -0.4 is 60.8 Å². The lowest BCUT2D eigenvalue weighted by atomic mass is 9.79. The first kappa shape index (κ1) is 34.3. The number of nitrogens with zero attached hydrogens (tertiary/aromatic N) is 4. The number of rotatable bonds is 28. The maximum Gasteiger partial charge on any atom is 0.323 e. The van der Waals surface area contributed by atoms with Crippen LogP contribution >= 0.6 is 0 Å². The van der Waals surface area contributed by atoms with Crippen LogP contribution in [0.4, 0.5) is 0 Å². The number of hydrogen-bond donors (Lipinski definition) is 4. The lowest BCUT2D eigenvalue weighted by Crippen LogP contribution is -2.51. The van der Waals surface area contributed by atoms with Crippen molar-refractivity contribution in [2.24, 2.45) is 93.8 Å². The number of benzene rings is 4. The number of piperidine rings is 4. The Labute approximate surface area is 833 Å². The third-order valence-electron chi connectivity index (χ3n) is 19.3. The summed E-state index contributed by atoms with van der Waals surface area (Å²) < 4.78 is 737. The number of fused-ring (bicyclic) bond motifs is 12. The molecule has 4 fully saturated rings. The summed E-state index contributed by atoms with van der Waals surface area (Å²) in [5, 5.41) is 0. The highest BCUT2D eigenvalue weighted by molar-refractivity contribution is 5.77. The first-order chi connectivity index (χ1) is 88.5. The summed E-state index contributed by atoms with van der Waals surface area (Å²) in [4.78, 5) is 57.5. The van der Waals surface area contributed by atoms with Gasteiger partial charge in [-0.25, -0.2) is 0 Å². The van der Waals surface area contributed by atoms with Crippen LogP contribution in [0, 0.1) is 70.8 Å². The fourth-order valence-corrected chi connectivity index (χ4v) is 13.6. The van der Waals surface area contributed by atoms with Gasteiger partial charge in [0, 0.05) is 219 Å². The molecule has 4 saturated heterocycles. The highest BCUT2D eigenvalue weighted by Crippen LogP contribution is 2.50. The number of carbonyl (C=O) groups is 4. The van der Waals surface area contributed by atoms with Crippen molar-refractivity contribution in [2.45, 2.75) is 259 Å². The molecule has 8 aliphatic rings. The smallest absolute Gasteiger partial charge is 0.323 e. The van der Waals surface area contributed by atoms with Gasteiger partial charge in [0.25, 0.3) is 0 Å². The zero-order valence-electron chi connectivity index (χ0n) is 149. The minimum Gasteiger partial charge on any atom is -0.493 e. The first-order valence-electron chi connectivity index (χ1n) is 77.1. The second-order valence-electron chi connectivity index (χ2n) is 27.3. The summed E-state index contributed by atoms with van der Waals surface area (Å²) in [6.45, 7) is -60.2. The Bertz CT molecular complexity index is 7500. The van der Waals surface area contributed by atoms with Crippen molar-refractivity contribution in [1.82, 2.24) is 19.6 Å². The van der Waals surface area contributed by atoms with E-state index >= 15 is 0 Å². The monoisotopic (exact) mass is 1760 g/mol. The molecule has 0 radical (unpaired) electrons. The second kappa shape index (κ2) is 43.9. The molecule has 0 saturated carbocycles. The molecular formula is C96H152N8O16. The average Bonchev–Trinajstić information content (AvgIpc) is 0.691. The molecule has 12 rings (SSSR count). The van der Waals surface area contributed by atoms with Crippen LogP contribution in [0.1, 0.15) is 342 Å². The van der Waals surface area contributed by atoms with E-state index in [0.29, 0.717) is 42.4 Å². The molecule has 0 aliphatic carbocycles. The Morgan fingerprint density at radius 3 is 0.925 bits per heavy atom. The molecule has 8 N–H and O–H groups in total. The Morgan fingerprint density at radius 2 is 0.633 bits per heavy atom. The molecule has 672 valence electrons. The van der Waals surface area contributed by atoms with E-state index in [0.717, 1.165) is 61.6 Å². The number of nitrogens with two attached hydrogens (primary N) is 4. The molecule has 0 spiro atoms. The maximum absolute atomic E-state index is 13.7. The van der Waals surface area contributed by atoms with E-state index < -0.39 is 421 Å². The van der Waals surface area contributed by atoms with E-state index in [9.17, 15) is 24.7 Å². The van der Waals surface area contributed by atoms with E-state index in [1.54, 1.807) is 0 Å². The quantitative estimate of drug-likeness (QED) is 0.0303. The molecule has 4 aromatic rings. The minimum atomic E-state index is -4.14. The molecule has 20 atom stereocenters. The lowest BCUT2D eigenvalue weighted by molar-refractivity contribution is -0.161. The van der Waals surface area contributed by atoms with Crippen molar-refractivity contribution in [2.75, 3.05) is 109 Å². The van der Waals surface area contributed by atoms with Gasteiger partial charge in [-0.1, -0.05) is 110 Å². The third-order valence-corrected chi connectivity index (χ3v) is 19.3. The Hall–Kier alpha value is -7.16. The van der Waals surface area contributed by atoms with Crippen molar-refractivity contribution in [3.8, 4) is 46.0 Å². The molecule has 0 amide bonds. The number of ether oxygens (including phenoxy) is 12. The van der Waals surface area contributed by atoms with E-state index in [1.807, 2.05) is 0 Å². The maximum atomic E-state index is 13.7. The molecule has 0 aromatic heterocycles. The Balaban J connectivity index is 0.000000291. The van der Waals surface area contributed by atoms with Gasteiger partial charge in [0.1, 0.15) is 48.4 Å². The topological polar surface area (TPSA) is 296 Å². The molecule has 120 heavy (non-hydrogen) atoms. The molecule has 8 heterocycles. The summed E-state index contributed by atoms with van der Waals surface area (Å²) in [6.07, 6.45) is -42.2. The predicted molar refractivity (Wildman–Crippen MR) is 471 cm³/mol. The van der Waals surface area contributed by atoms with Gasteiger partial charge in [-0.2, -0.15) is 0 Å². The van der Waals surface area contributed by atoms with Crippen molar-refractivity contribution < 1.29 is 188 Å². The van der Waals surface area contributed by atoms with Crippen LogP contribution in [-0.2, 0) is 63.6 Å². The normalized spacial score (nSPS) is 46.1. The summed E-state index contributed by atoms with van der Waals surface area (Å²) >= 11 is 0. The van der Waals surface area contributed by atoms with Crippen molar-refractivity contribution in [3.63, 3.8) is 0 Å². The zero-order chi connectivity index (χ0) is 159. The van der Waals surface area contributed by atoms with Crippen LogP contribution in [0.2, 0.25) is 0 Å². The summed E-state index contributed by atoms with van der Waals surface area (Å²) in [5.74, 6) is -49.6. The SMILES string of the molecule is [2H]C([2H])([2H])Oc1cc2c(cc1OC)C1CC([2H])(OC(=O)[C@@]([2H])(N)C([2H])(C([2H])([2H])[2H])C([2H])([2H])[2H])C(C([2H])([2H])C([2H])(C)C([2H])([2H])[2H])CN1C([2H])([2H])C2([2H])[2H].[2H]C([2H])([2H])Oc1cc2c(cc1OC)C1CC([2H])(OC(=O)[C@@]([2H])(N)C([2H])(C([2H])([2H])[2H])C([2H])([2H])[2H])C(C([2H])([2H])C([2H])(C)C([2H])([2H])[2H])CN1C([2H])([2H])C2([2H])[2H].[2H]C1(OC(=O)[C@@]([2H])(N)C([2H])(C([2H])([2H])[2H])C([2H])([2H])[2H])CC2c3cc(OC)c(OC)cc3C([2H])([2H])C([2H])([2H])N2CC1C([2H])([2H])C([2H])(C)C([2H])([2H])[2H].[2H]C12CC(OC(=O)[C@@]([2H])(N)C([2H])(C([2H])([2H])[2H])C([2H])([2H])[2H])C(C([2H])([2H])C([2H])(C)C([2H])([2H])[2H])CN1C([2H])([2H])C([2H])([2H])c1cc(OC)c(OC)cc12. The van der Waals surface area contributed by atoms with Gasteiger partial charge >= 0.3 is 23.9 Å². The van der Waals surface area contributed by atoms with Gasteiger partial charge in [-0.05, 0) is 191 Å². The van der Waals surface area contributed by atoms with E-state index in [-0.39, 0.29) is 62.3 Å². The number of methoxy groups -OCH3 is 8. The standard InChI is InChI=1S/4C24H38N2O4/c4*1-14(2)9-17-13-26-8-7-16-10-21(28-5)22(29-6)11-18(16)19(26)12-20(17)30-24(27)23(25)15(3)4/h4*10-11,14-15,17,19-20,23H,7-9,12-13,25H2,1-6H3/t4*17?,19?,20?,23-/m0000/s1/i2*1D3,3D3,4D3,5D3,7D2,8D2,9D2,14D,15D,20D,23D;1D3,3D3,4D3,7D2,8D2,9D2,14D,15D,20D,23D;1D3,3D3,4D3,7D2,8D2,9D2,14D,15D,19D,23D/t4*14?,17?,19?,20?,23-. The summed E-state index contributed by atoms with van der Waals surface area (Å²) in [5.41, 5.74) is 20.0. The van der Waals surface area contributed by atoms with Crippen LogP contribution in [-0.4, -0.2) is 201 Å². The van der Waals surface area contributed by atoms with Crippen molar-refractivity contribution in [3.05, 3.63) is 93.0 Å². The number of carbonyl (C=O) groups excluding carboxylic acids is 4. The van der Waals surface area contributed by atoms with Crippen LogP contribution in [0.25, 0.3) is 0 Å². The van der Waals surface area contributed by atoms with Crippen molar-refractivity contribution in [1.29, 1.82) is 0 Å². The van der Waals surface area contributed by atoms with E-state index in [1.165, 1.54) is 34.5 Å². The third kappa shape index (κ3) is 23.8. The molecule has 0 bridgehead atoms. The van der Waals surface area contributed by atoms with Gasteiger partial charge in [-0.15, -0.1) is 0 Å². The van der Waals surface area contributed by atoms with Gasteiger partial charge in [0.2, 0.25) is 0 Å². The van der Waals surface area contributed by atoms with E-state index in [2.05, 4.69) is 0 Å². The molecule has 8 aliphatic heterocycles. The second-order valence-corrected chi connectivity index (χ2v) is 27.3. The predicted octanol–water partition coefficient (Wildman–Crippen LogP) is 14.3. The summed E-state index contributed by atoms with van der Waals surface area (Å²) in [7, 11) is 0.856. The molecular weight excluding hydrogens is 1520 g/mol. The molecule has 4 aromatic carbocycles. The summed E-state index contributed by atoms with van der Waals surface area (Å²) in [6, 6.07) is -15.2. The highest BCUT2D eigenvalue weighted by atomic mass is 16.6. The number of hydrogen-bond acceptors (Lipinski definition) is 24. The van der Waals surface area contributed by atoms with Crippen LogP contribution in [0.15, 0.2) is 48.5 Å². The first-order valence-corrected chi connectivity index (χ1v) is 36.1. The molecule has 24 heteroatoms.